The molecule has 0 aliphatic rings. The van der Waals surface area contributed by atoms with Gasteiger partial charge in [-0.2, -0.15) is 5.10 Å². The molecule has 3 heterocycles. The number of nitrogens with one attached hydrogen (secondary N) is 1. The zero-order chi connectivity index (χ0) is 15.3. The van der Waals surface area contributed by atoms with Crippen LogP contribution in [0.5, 0.6) is 0 Å². The van der Waals surface area contributed by atoms with Crippen LogP contribution < -0.4 is 0 Å². The summed E-state index contributed by atoms with van der Waals surface area (Å²) in [6, 6.07) is 6.18. The van der Waals surface area contributed by atoms with Gasteiger partial charge in [0.2, 0.25) is 0 Å². The normalized spacial score (nSPS) is 11.4. The van der Waals surface area contributed by atoms with Crippen LogP contribution in [-0.2, 0) is 7.05 Å². The third-order valence-corrected chi connectivity index (χ3v) is 3.94. The van der Waals surface area contributed by atoms with E-state index in [-0.39, 0.29) is 0 Å². The lowest BCUT2D eigenvalue weighted by atomic mass is 9.99. The number of aryl methyl sites for hydroxylation is 3. The maximum atomic E-state index is 5.30. The number of fused-ring (bicyclic) bond motifs is 1. The fourth-order valence-electron chi connectivity index (χ4n) is 2.92. The third-order valence-electron chi connectivity index (χ3n) is 3.94. The summed E-state index contributed by atoms with van der Waals surface area (Å²) in [4.78, 5) is 7.64. The van der Waals surface area contributed by atoms with E-state index in [1.54, 1.807) is 12.5 Å². The first-order valence-electron chi connectivity index (χ1n) is 7.04. The zero-order valence-electron chi connectivity index (χ0n) is 12.6. The number of rotatable bonds is 2. The molecule has 0 saturated heterocycles. The van der Waals surface area contributed by atoms with Crippen LogP contribution in [0.15, 0.2) is 35.2 Å². The van der Waals surface area contributed by atoms with Crippen LogP contribution in [0.4, 0.5) is 0 Å². The molecule has 0 bridgehead atoms. The molecular weight excluding hydrogens is 278 g/mol. The summed E-state index contributed by atoms with van der Waals surface area (Å²) in [6.45, 7) is 3.88. The Morgan fingerprint density at radius 1 is 1.23 bits per heavy atom. The highest BCUT2D eigenvalue weighted by Crippen LogP contribution is 2.34. The van der Waals surface area contributed by atoms with Crippen molar-refractivity contribution < 1.29 is 4.52 Å². The minimum absolute atomic E-state index is 0.812. The minimum Gasteiger partial charge on any atom is -0.361 e. The Morgan fingerprint density at radius 2 is 2.09 bits per heavy atom. The van der Waals surface area contributed by atoms with Gasteiger partial charge in [0.15, 0.2) is 0 Å². The van der Waals surface area contributed by atoms with E-state index in [9.17, 15) is 0 Å². The van der Waals surface area contributed by atoms with Crippen molar-refractivity contribution in [2.24, 2.45) is 7.05 Å². The first-order chi connectivity index (χ1) is 10.6. The Labute approximate surface area is 126 Å². The first kappa shape index (κ1) is 12.8. The Balaban J connectivity index is 2.05. The summed E-state index contributed by atoms with van der Waals surface area (Å²) in [5, 5.41) is 8.31. The van der Waals surface area contributed by atoms with E-state index in [1.165, 1.54) is 0 Å². The fraction of sp³-hybridized carbons (Fsp3) is 0.188. The Hall–Kier alpha value is -2.89. The van der Waals surface area contributed by atoms with E-state index in [2.05, 4.69) is 32.4 Å². The highest BCUT2D eigenvalue weighted by Gasteiger charge is 2.17. The fourth-order valence-corrected chi connectivity index (χ4v) is 2.92. The molecule has 0 aliphatic heterocycles. The topological polar surface area (TPSA) is 72.5 Å². The molecule has 4 aromatic rings. The third kappa shape index (κ3) is 1.77. The van der Waals surface area contributed by atoms with Gasteiger partial charge in [0.25, 0.3) is 0 Å². The van der Waals surface area contributed by atoms with Crippen LogP contribution in [0.3, 0.4) is 0 Å². The molecule has 0 fully saturated rings. The molecule has 0 unspecified atom stereocenters. The Kier molecular flexibility index (Phi) is 2.66. The van der Waals surface area contributed by atoms with E-state index in [1.807, 2.05) is 31.6 Å². The van der Waals surface area contributed by atoms with Crippen molar-refractivity contribution in [1.82, 2.24) is 24.9 Å². The van der Waals surface area contributed by atoms with Gasteiger partial charge in [-0.15, -0.1) is 0 Å². The molecule has 6 heteroatoms. The number of hydrogen-bond donors (Lipinski definition) is 1. The lowest BCUT2D eigenvalue weighted by Crippen LogP contribution is -1.95. The molecule has 4 rings (SSSR count). The highest BCUT2D eigenvalue weighted by atomic mass is 16.5. The lowest BCUT2D eigenvalue weighted by Gasteiger charge is -2.07. The van der Waals surface area contributed by atoms with E-state index >= 15 is 0 Å². The minimum atomic E-state index is 0.812. The smallest absolute Gasteiger partial charge is 0.141 e. The SMILES string of the molecule is Cc1noc(C)c1-c1cc(-c2ccnn2C)c2nc[nH]c2c1. The lowest BCUT2D eigenvalue weighted by molar-refractivity contribution is 0.393. The van der Waals surface area contributed by atoms with Gasteiger partial charge in [0, 0.05) is 24.4 Å². The molecule has 0 saturated carbocycles. The van der Waals surface area contributed by atoms with Gasteiger partial charge in [0.05, 0.1) is 28.7 Å². The standard InChI is InChI=1S/C16H15N5O/c1-9-15(10(2)22-20-9)11-6-12(14-4-5-19-21(14)3)16-13(7-11)17-8-18-16/h4-8H,1-3H3,(H,17,18). The number of benzene rings is 1. The van der Waals surface area contributed by atoms with Crippen LogP contribution in [-0.4, -0.2) is 24.9 Å². The summed E-state index contributed by atoms with van der Waals surface area (Å²) in [5.74, 6) is 0.812. The van der Waals surface area contributed by atoms with Crippen LogP contribution in [0.2, 0.25) is 0 Å². The summed E-state index contributed by atoms with van der Waals surface area (Å²) in [7, 11) is 1.93. The number of aromatic nitrogens is 5. The molecule has 110 valence electrons. The molecule has 0 spiro atoms. The van der Waals surface area contributed by atoms with Crippen LogP contribution in [0.25, 0.3) is 33.4 Å². The molecule has 22 heavy (non-hydrogen) atoms. The van der Waals surface area contributed by atoms with Crippen LogP contribution >= 0.6 is 0 Å². The molecule has 1 N–H and O–H groups in total. The number of nitrogens with zero attached hydrogens (tertiary/aromatic N) is 4. The quantitative estimate of drug-likeness (QED) is 0.616. The van der Waals surface area contributed by atoms with E-state index in [4.69, 9.17) is 4.52 Å². The second-order valence-corrected chi connectivity index (χ2v) is 5.36. The number of imidazole rings is 1. The van der Waals surface area contributed by atoms with Crippen molar-refractivity contribution in [1.29, 1.82) is 0 Å². The first-order valence-corrected chi connectivity index (χ1v) is 7.04. The van der Waals surface area contributed by atoms with Crippen molar-refractivity contribution in [3.8, 4) is 22.4 Å². The molecule has 1 aromatic carbocycles. The van der Waals surface area contributed by atoms with Crippen LogP contribution in [0.1, 0.15) is 11.5 Å². The number of hydrogen-bond acceptors (Lipinski definition) is 4. The predicted octanol–water partition coefficient (Wildman–Crippen LogP) is 3.24. The largest absolute Gasteiger partial charge is 0.361 e. The average molecular weight is 293 g/mol. The van der Waals surface area contributed by atoms with Crippen LogP contribution in [0, 0.1) is 13.8 Å². The van der Waals surface area contributed by atoms with Gasteiger partial charge in [0.1, 0.15) is 5.76 Å². The molecule has 0 aliphatic carbocycles. The Bertz CT molecular complexity index is 956. The van der Waals surface area contributed by atoms with Crippen molar-refractivity contribution in [2.75, 3.05) is 0 Å². The molecule has 3 aromatic heterocycles. The zero-order valence-corrected chi connectivity index (χ0v) is 12.6. The summed E-state index contributed by atoms with van der Waals surface area (Å²) >= 11 is 0. The second kappa shape index (κ2) is 4.56. The monoisotopic (exact) mass is 293 g/mol. The maximum Gasteiger partial charge on any atom is 0.141 e. The van der Waals surface area contributed by atoms with Gasteiger partial charge in [-0.1, -0.05) is 5.16 Å². The van der Waals surface area contributed by atoms with Gasteiger partial charge >= 0.3 is 0 Å². The predicted molar refractivity (Wildman–Crippen MR) is 83.3 cm³/mol. The summed E-state index contributed by atoms with van der Waals surface area (Å²) in [6.07, 6.45) is 3.50. The van der Waals surface area contributed by atoms with Crippen molar-refractivity contribution in [3.63, 3.8) is 0 Å². The molecule has 6 nitrogen and oxygen atoms in total. The molecule has 0 radical (unpaired) electrons. The summed E-state index contributed by atoms with van der Waals surface area (Å²) in [5.41, 5.74) is 6.93. The van der Waals surface area contributed by atoms with Gasteiger partial charge in [-0.3, -0.25) is 4.68 Å². The van der Waals surface area contributed by atoms with Crippen molar-refractivity contribution in [3.05, 3.63) is 42.2 Å². The molecule has 0 atom stereocenters. The summed E-state index contributed by atoms with van der Waals surface area (Å²) < 4.78 is 7.15. The van der Waals surface area contributed by atoms with Crippen molar-refractivity contribution in [2.45, 2.75) is 13.8 Å². The van der Waals surface area contributed by atoms with E-state index in [0.717, 1.165) is 44.9 Å². The number of H-pyrrole nitrogens is 1. The molecule has 0 amide bonds. The Morgan fingerprint density at radius 3 is 2.77 bits per heavy atom. The van der Waals surface area contributed by atoms with Gasteiger partial charge < -0.3 is 9.51 Å². The number of aromatic amines is 1. The van der Waals surface area contributed by atoms with Gasteiger partial charge in [-0.25, -0.2) is 4.98 Å². The average Bonchev–Trinajstić information content (AvgIpc) is 3.19. The maximum absolute atomic E-state index is 5.30. The van der Waals surface area contributed by atoms with E-state index < -0.39 is 0 Å². The highest BCUT2D eigenvalue weighted by molar-refractivity contribution is 5.95. The van der Waals surface area contributed by atoms with E-state index in [0.29, 0.717) is 0 Å². The van der Waals surface area contributed by atoms with Crippen molar-refractivity contribution >= 4 is 11.0 Å². The molecular formula is C16H15N5O. The van der Waals surface area contributed by atoms with Gasteiger partial charge in [-0.05, 0) is 37.6 Å². The second-order valence-electron chi connectivity index (χ2n) is 5.36.